The van der Waals surface area contributed by atoms with E-state index in [1.54, 1.807) is 38.2 Å². The van der Waals surface area contributed by atoms with Gasteiger partial charge < -0.3 is 20.1 Å². The van der Waals surface area contributed by atoms with Gasteiger partial charge in [-0.2, -0.15) is 8.78 Å². The van der Waals surface area contributed by atoms with E-state index < -0.39 is 6.61 Å². The number of para-hydroxylation sites is 1. The Hall–Kier alpha value is -2.90. The van der Waals surface area contributed by atoms with Crippen LogP contribution < -0.4 is 20.1 Å². The predicted octanol–water partition coefficient (Wildman–Crippen LogP) is 3.73. The second-order valence-electron chi connectivity index (χ2n) is 5.79. The van der Waals surface area contributed by atoms with Gasteiger partial charge in [0.05, 0.1) is 6.61 Å². The van der Waals surface area contributed by atoms with Crippen molar-refractivity contribution in [3.05, 3.63) is 59.4 Å². The van der Waals surface area contributed by atoms with Gasteiger partial charge in [0.25, 0.3) is 0 Å². The first kappa shape index (κ1) is 21.4. The smallest absolute Gasteiger partial charge is 0.387 e. The van der Waals surface area contributed by atoms with Crippen LogP contribution in [0.15, 0.2) is 47.5 Å². The van der Waals surface area contributed by atoms with Crippen LogP contribution in [0.5, 0.6) is 11.5 Å². The lowest BCUT2D eigenvalue weighted by Crippen LogP contribution is -2.38. The fraction of sp³-hybridized carbons (Fsp3) is 0.350. The molecule has 0 unspecified atom stereocenters. The molecule has 0 saturated heterocycles. The number of benzene rings is 2. The average molecular weight is 395 g/mol. The van der Waals surface area contributed by atoms with Crippen LogP contribution in [0.3, 0.4) is 0 Å². The number of nitrogens with zero attached hydrogens (tertiary/aromatic N) is 1. The van der Waals surface area contributed by atoms with Crippen molar-refractivity contribution in [1.29, 1.82) is 0 Å². The summed E-state index contributed by atoms with van der Waals surface area (Å²) >= 11 is 0. The van der Waals surface area contributed by atoms with Gasteiger partial charge >= 0.3 is 6.61 Å². The van der Waals surface area contributed by atoms with Crippen molar-refractivity contribution in [2.24, 2.45) is 4.99 Å². The zero-order chi connectivity index (χ0) is 20.4. The highest BCUT2D eigenvalue weighted by Crippen LogP contribution is 2.32. The summed E-state index contributed by atoms with van der Waals surface area (Å²) in [4.78, 5) is 4.10. The number of alkyl halides is 2. The second kappa shape index (κ2) is 11.1. The molecule has 0 aliphatic rings. The van der Waals surface area contributed by atoms with E-state index in [2.05, 4.69) is 20.4 Å². The standard InChI is InChI=1S/C20H24F3N3O2/c1-3-27-17-9-5-7-15(18(17)28-19(22)23)13-26-20(24-2)25-11-10-14-6-4-8-16(21)12-14/h4-9,12,19H,3,10-11,13H2,1-2H3,(H2,24,25,26). The van der Waals surface area contributed by atoms with Crippen molar-refractivity contribution in [2.45, 2.75) is 26.5 Å². The third kappa shape index (κ3) is 6.68. The maximum atomic E-state index is 13.2. The van der Waals surface area contributed by atoms with Gasteiger partial charge in [0, 0.05) is 25.7 Å². The Bertz CT molecular complexity index is 785. The minimum atomic E-state index is -2.95. The largest absolute Gasteiger partial charge is 0.490 e. The van der Waals surface area contributed by atoms with Gasteiger partial charge in [-0.3, -0.25) is 4.99 Å². The van der Waals surface area contributed by atoms with Gasteiger partial charge in [-0.25, -0.2) is 4.39 Å². The first-order valence-electron chi connectivity index (χ1n) is 8.92. The highest BCUT2D eigenvalue weighted by Gasteiger charge is 2.16. The fourth-order valence-electron chi connectivity index (χ4n) is 2.61. The van der Waals surface area contributed by atoms with E-state index in [4.69, 9.17) is 4.74 Å². The summed E-state index contributed by atoms with van der Waals surface area (Å²) in [7, 11) is 1.60. The molecule has 28 heavy (non-hydrogen) atoms. The van der Waals surface area contributed by atoms with Crippen molar-refractivity contribution in [1.82, 2.24) is 10.6 Å². The van der Waals surface area contributed by atoms with Gasteiger partial charge in [0.15, 0.2) is 17.5 Å². The first-order chi connectivity index (χ1) is 13.5. The number of ether oxygens (including phenoxy) is 2. The lowest BCUT2D eigenvalue weighted by atomic mass is 10.1. The lowest BCUT2D eigenvalue weighted by Gasteiger charge is -2.17. The zero-order valence-corrected chi connectivity index (χ0v) is 15.8. The molecule has 152 valence electrons. The summed E-state index contributed by atoms with van der Waals surface area (Å²) in [5, 5.41) is 6.15. The Balaban J connectivity index is 1.96. The number of aliphatic imine (C=N–C) groups is 1. The minimum absolute atomic E-state index is 0.00191. The number of hydrogen-bond acceptors (Lipinski definition) is 3. The third-order valence-corrected chi connectivity index (χ3v) is 3.83. The van der Waals surface area contributed by atoms with Crippen LogP contribution in [-0.2, 0) is 13.0 Å². The van der Waals surface area contributed by atoms with E-state index in [1.807, 2.05) is 6.07 Å². The molecule has 0 aliphatic carbocycles. The highest BCUT2D eigenvalue weighted by atomic mass is 19.3. The zero-order valence-electron chi connectivity index (χ0n) is 15.8. The SMILES string of the molecule is CCOc1cccc(CNC(=NC)NCCc2cccc(F)c2)c1OC(F)F. The van der Waals surface area contributed by atoms with Gasteiger partial charge in [-0.15, -0.1) is 0 Å². The van der Waals surface area contributed by atoms with Crippen molar-refractivity contribution in [3.8, 4) is 11.5 Å². The summed E-state index contributed by atoms with van der Waals surface area (Å²) in [5.41, 5.74) is 1.37. The summed E-state index contributed by atoms with van der Waals surface area (Å²) in [6.45, 7) is -0.115. The predicted molar refractivity (Wildman–Crippen MR) is 103 cm³/mol. The maximum Gasteiger partial charge on any atom is 0.387 e. The summed E-state index contributed by atoms with van der Waals surface area (Å²) in [5.74, 6) is 0.472. The van der Waals surface area contributed by atoms with Crippen LogP contribution >= 0.6 is 0 Å². The molecule has 2 aromatic carbocycles. The monoisotopic (exact) mass is 395 g/mol. The van der Waals surface area contributed by atoms with Gasteiger partial charge in [0.1, 0.15) is 5.82 Å². The van der Waals surface area contributed by atoms with Gasteiger partial charge in [-0.1, -0.05) is 24.3 Å². The first-order valence-corrected chi connectivity index (χ1v) is 8.92. The molecule has 2 N–H and O–H groups in total. The molecule has 0 aliphatic heterocycles. The quantitative estimate of drug-likeness (QED) is 0.502. The number of hydrogen-bond donors (Lipinski definition) is 2. The van der Waals surface area contributed by atoms with Crippen molar-refractivity contribution in [2.75, 3.05) is 20.2 Å². The molecule has 0 aromatic heterocycles. The van der Waals surface area contributed by atoms with Crippen LogP contribution in [-0.4, -0.2) is 32.8 Å². The molecule has 5 nitrogen and oxygen atoms in total. The molecule has 0 fully saturated rings. The Labute approximate surface area is 162 Å². The summed E-state index contributed by atoms with van der Waals surface area (Å²) in [6.07, 6.45) is 0.609. The van der Waals surface area contributed by atoms with E-state index in [0.717, 1.165) is 5.56 Å². The van der Waals surface area contributed by atoms with Gasteiger partial charge in [0.2, 0.25) is 0 Å². The number of rotatable bonds is 9. The van der Waals surface area contributed by atoms with Crippen molar-refractivity contribution in [3.63, 3.8) is 0 Å². The molecule has 2 rings (SSSR count). The Morgan fingerprint density at radius 3 is 2.61 bits per heavy atom. The molecule has 0 heterocycles. The molecular weight excluding hydrogens is 371 g/mol. The van der Waals surface area contributed by atoms with Gasteiger partial charge in [-0.05, 0) is 37.1 Å². The second-order valence-corrected chi connectivity index (χ2v) is 5.79. The fourth-order valence-corrected chi connectivity index (χ4v) is 2.61. The molecule has 0 radical (unpaired) electrons. The van der Waals surface area contributed by atoms with Crippen LogP contribution in [0.1, 0.15) is 18.1 Å². The Morgan fingerprint density at radius 2 is 1.93 bits per heavy atom. The average Bonchev–Trinajstić information content (AvgIpc) is 2.66. The van der Waals surface area contributed by atoms with E-state index in [0.29, 0.717) is 31.1 Å². The molecule has 0 atom stereocenters. The van der Waals surface area contributed by atoms with Crippen LogP contribution in [0.4, 0.5) is 13.2 Å². The normalized spacial score (nSPS) is 11.4. The molecule has 8 heteroatoms. The van der Waals surface area contributed by atoms with E-state index in [-0.39, 0.29) is 23.9 Å². The maximum absolute atomic E-state index is 13.2. The topological polar surface area (TPSA) is 54.9 Å². The molecule has 2 aromatic rings. The van der Waals surface area contributed by atoms with Crippen LogP contribution in [0.25, 0.3) is 0 Å². The highest BCUT2D eigenvalue weighted by molar-refractivity contribution is 5.79. The number of guanidine groups is 1. The third-order valence-electron chi connectivity index (χ3n) is 3.83. The van der Waals surface area contributed by atoms with E-state index in [9.17, 15) is 13.2 Å². The van der Waals surface area contributed by atoms with Crippen molar-refractivity contribution < 1.29 is 22.6 Å². The van der Waals surface area contributed by atoms with E-state index >= 15 is 0 Å². The van der Waals surface area contributed by atoms with E-state index in [1.165, 1.54) is 12.1 Å². The number of nitrogens with one attached hydrogen (secondary N) is 2. The molecule has 0 bridgehead atoms. The van der Waals surface area contributed by atoms with Crippen molar-refractivity contribution >= 4 is 5.96 Å². The molecule has 0 amide bonds. The molecule has 0 saturated carbocycles. The molecular formula is C20H24F3N3O2. The van der Waals surface area contributed by atoms with Crippen LogP contribution in [0, 0.1) is 5.82 Å². The Kier molecular flexibility index (Phi) is 8.45. The summed E-state index contributed by atoms with van der Waals surface area (Å²) < 4.78 is 48.8. The minimum Gasteiger partial charge on any atom is -0.490 e. The summed E-state index contributed by atoms with van der Waals surface area (Å²) in [6, 6.07) is 11.3. The van der Waals surface area contributed by atoms with Crippen LogP contribution in [0.2, 0.25) is 0 Å². The lowest BCUT2D eigenvalue weighted by molar-refractivity contribution is -0.0520. The molecule has 0 spiro atoms. The number of halogens is 3. The Morgan fingerprint density at radius 1 is 1.14 bits per heavy atom.